The molecule has 0 amide bonds. The number of nitrogens with two attached hydrogens (primary N) is 1. The number of ketones is 1. The monoisotopic (exact) mass is 314 g/mol. The summed E-state index contributed by atoms with van der Waals surface area (Å²) in [5.74, 6) is 0.133. The third kappa shape index (κ3) is 2.50. The summed E-state index contributed by atoms with van der Waals surface area (Å²) in [7, 11) is 4.00. The lowest BCUT2D eigenvalue weighted by Gasteiger charge is -2.15. The van der Waals surface area contributed by atoms with Gasteiger partial charge < -0.3 is 10.6 Å². The van der Waals surface area contributed by atoms with Gasteiger partial charge in [0.05, 0.1) is 17.2 Å². The fourth-order valence-corrected chi connectivity index (χ4v) is 2.45. The van der Waals surface area contributed by atoms with E-state index in [9.17, 15) is 4.79 Å². The van der Waals surface area contributed by atoms with E-state index in [4.69, 9.17) is 5.73 Å². The Morgan fingerprint density at radius 3 is 2.78 bits per heavy atom. The fourth-order valence-electron chi connectivity index (χ4n) is 1.98. The van der Waals surface area contributed by atoms with E-state index in [1.165, 1.54) is 0 Å². The van der Waals surface area contributed by atoms with Gasteiger partial charge in [0.25, 0.3) is 0 Å². The van der Waals surface area contributed by atoms with Crippen LogP contribution in [0.4, 0.5) is 0 Å². The normalized spacial score (nSPS) is 17.2. The molecule has 1 aromatic heterocycles. The molecule has 1 fully saturated rings. The maximum Gasteiger partial charge on any atom is 0.189 e. The molecule has 0 spiro atoms. The summed E-state index contributed by atoms with van der Waals surface area (Å²) in [5, 5.41) is 4.27. The molecule has 1 aromatic rings. The van der Waals surface area contributed by atoms with Crippen LogP contribution in [0.1, 0.15) is 23.3 Å². The molecular weight excluding hydrogens is 296 g/mol. The molecule has 0 atom stereocenters. The predicted molar refractivity (Wildman–Crippen MR) is 73.5 cm³/mol. The minimum absolute atomic E-state index is 0.133. The third-order valence-corrected chi connectivity index (χ3v) is 4.08. The average Bonchev–Trinajstić information content (AvgIpc) is 3.05. The van der Waals surface area contributed by atoms with Crippen LogP contribution in [0, 0.1) is 5.41 Å². The Morgan fingerprint density at radius 1 is 1.61 bits per heavy atom. The van der Waals surface area contributed by atoms with Crippen LogP contribution < -0.4 is 5.73 Å². The Bertz CT molecular complexity index is 451. The Balaban J connectivity index is 2.21. The van der Waals surface area contributed by atoms with Gasteiger partial charge in [0, 0.05) is 18.5 Å². The fraction of sp³-hybridized carbons (Fsp3) is 0.667. The van der Waals surface area contributed by atoms with Gasteiger partial charge in [0.2, 0.25) is 0 Å². The first kappa shape index (κ1) is 13.7. The number of likely N-dealkylation sites (N-methyl/N-ethyl adjacent to an activating group) is 1. The number of Topliss-reactive ketones (excluding diaryl/α,β-unsaturated/α-hetero) is 1. The Morgan fingerprint density at radius 2 is 2.28 bits per heavy atom. The molecule has 0 radical (unpaired) electrons. The van der Waals surface area contributed by atoms with E-state index in [2.05, 4.69) is 25.9 Å². The average molecular weight is 315 g/mol. The van der Waals surface area contributed by atoms with E-state index >= 15 is 0 Å². The standard InChI is InChI=1S/C12H19BrN4O/c1-16(2)5-6-17-10(9(13)7-15-17)11(18)12(8-14)3-4-12/h7H,3-6,8,14H2,1-2H3. The second kappa shape index (κ2) is 5.11. The zero-order valence-corrected chi connectivity index (χ0v) is 12.4. The van der Waals surface area contributed by atoms with Crippen molar-refractivity contribution in [2.45, 2.75) is 19.4 Å². The molecule has 1 saturated carbocycles. The molecule has 6 heteroatoms. The lowest BCUT2D eigenvalue weighted by molar-refractivity contribution is 0.0892. The van der Waals surface area contributed by atoms with E-state index in [0.29, 0.717) is 18.8 Å². The van der Waals surface area contributed by atoms with Crippen LogP contribution in [0.25, 0.3) is 0 Å². The van der Waals surface area contributed by atoms with Crippen LogP contribution in [0.5, 0.6) is 0 Å². The maximum atomic E-state index is 12.5. The first-order valence-corrected chi connectivity index (χ1v) is 6.90. The summed E-state index contributed by atoms with van der Waals surface area (Å²) in [6.45, 7) is 1.99. The van der Waals surface area contributed by atoms with Crippen molar-refractivity contribution in [1.82, 2.24) is 14.7 Å². The van der Waals surface area contributed by atoms with Gasteiger partial charge in [-0.05, 0) is 42.9 Å². The largest absolute Gasteiger partial charge is 0.329 e. The summed E-state index contributed by atoms with van der Waals surface area (Å²) in [6.07, 6.45) is 3.48. The summed E-state index contributed by atoms with van der Waals surface area (Å²) in [4.78, 5) is 14.6. The van der Waals surface area contributed by atoms with Gasteiger partial charge in [0.1, 0.15) is 5.69 Å². The SMILES string of the molecule is CN(C)CCn1ncc(Br)c1C(=O)C1(CN)CC1. The molecule has 0 bridgehead atoms. The molecule has 2 N–H and O–H groups in total. The van der Waals surface area contributed by atoms with E-state index in [0.717, 1.165) is 23.9 Å². The number of hydrogen-bond donors (Lipinski definition) is 1. The highest BCUT2D eigenvalue weighted by molar-refractivity contribution is 9.10. The van der Waals surface area contributed by atoms with Crippen LogP contribution >= 0.6 is 15.9 Å². The Kier molecular flexibility index (Phi) is 3.89. The molecule has 18 heavy (non-hydrogen) atoms. The van der Waals surface area contributed by atoms with E-state index in [1.54, 1.807) is 10.9 Å². The molecule has 1 heterocycles. The molecule has 1 aliphatic rings. The third-order valence-electron chi connectivity index (χ3n) is 3.49. The first-order chi connectivity index (χ1) is 8.50. The smallest absolute Gasteiger partial charge is 0.189 e. The lowest BCUT2D eigenvalue weighted by atomic mass is 9.99. The van der Waals surface area contributed by atoms with Gasteiger partial charge in [-0.25, -0.2) is 0 Å². The minimum Gasteiger partial charge on any atom is -0.329 e. The molecule has 0 aromatic carbocycles. The second-order valence-electron chi connectivity index (χ2n) is 5.18. The molecular formula is C12H19BrN4O. The van der Waals surface area contributed by atoms with Gasteiger partial charge in [-0.1, -0.05) is 0 Å². The molecule has 1 aliphatic carbocycles. The number of hydrogen-bond acceptors (Lipinski definition) is 4. The van der Waals surface area contributed by atoms with Crippen LogP contribution in [-0.2, 0) is 6.54 Å². The van der Waals surface area contributed by atoms with Crippen molar-refractivity contribution in [3.63, 3.8) is 0 Å². The predicted octanol–water partition coefficient (Wildman–Crippen LogP) is 1.13. The maximum absolute atomic E-state index is 12.5. The van der Waals surface area contributed by atoms with Crippen molar-refractivity contribution in [2.24, 2.45) is 11.1 Å². The van der Waals surface area contributed by atoms with Crippen molar-refractivity contribution in [3.8, 4) is 0 Å². The number of rotatable bonds is 6. The van der Waals surface area contributed by atoms with Crippen molar-refractivity contribution >= 4 is 21.7 Å². The number of carbonyl (C=O) groups excluding carboxylic acids is 1. The highest BCUT2D eigenvalue weighted by Crippen LogP contribution is 2.47. The lowest BCUT2D eigenvalue weighted by Crippen LogP contribution is -2.29. The highest BCUT2D eigenvalue weighted by atomic mass is 79.9. The second-order valence-corrected chi connectivity index (χ2v) is 6.04. The summed E-state index contributed by atoms with van der Waals surface area (Å²) >= 11 is 3.42. The van der Waals surface area contributed by atoms with E-state index in [1.807, 2.05) is 14.1 Å². The van der Waals surface area contributed by atoms with E-state index < -0.39 is 0 Å². The summed E-state index contributed by atoms with van der Waals surface area (Å²) in [5.41, 5.74) is 6.07. The molecule has 0 saturated heterocycles. The molecule has 0 unspecified atom stereocenters. The van der Waals surface area contributed by atoms with Crippen molar-refractivity contribution in [1.29, 1.82) is 0 Å². The number of carbonyl (C=O) groups is 1. The first-order valence-electron chi connectivity index (χ1n) is 6.11. The van der Waals surface area contributed by atoms with Crippen LogP contribution in [-0.4, -0.2) is 47.6 Å². The van der Waals surface area contributed by atoms with Crippen molar-refractivity contribution in [3.05, 3.63) is 16.4 Å². The van der Waals surface area contributed by atoms with Crippen LogP contribution in [0.3, 0.4) is 0 Å². The Labute approximate surface area is 115 Å². The van der Waals surface area contributed by atoms with Crippen molar-refractivity contribution in [2.75, 3.05) is 27.2 Å². The number of halogens is 1. The van der Waals surface area contributed by atoms with Crippen molar-refractivity contribution < 1.29 is 4.79 Å². The van der Waals surface area contributed by atoms with Gasteiger partial charge in [-0.2, -0.15) is 5.10 Å². The van der Waals surface area contributed by atoms with Crippen LogP contribution in [0.15, 0.2) is 10.7 Å². The Hall–Kier alpha value is -0.720. The molecule has 5 nitrogen and oxygen atoms in total. The quantitative estimate of drug-likeness (QED) is 0.799. The molecule has 0 aliphatic heterocycles. The van der Waals surface area contributed by atoms with Gasteiger partial charge in [-0.3, -0.25) is 9.48 Å². The minimum atomic E-state index is -0.321. The van der Waals surface area contributed by atoms with Crippen LogP contribution in [0.2, 0.25) is 0 Å². The zero-order valence-electron chi connectivity index (χ0n) is 10.8. The summed E-state index contributed by atoms with van der Waals surface area (Å²) < 4.78 is 2.55. The highest BCUT2D eigenvalue weighted by Gasteiger charge is 2.50. The number of nitrogens with zero attached hydrogens (tertiary/aromatic N) is 3. The van der Waals surface area contributed by atoms with Gasteiger partial charge in [-0.15, -0.1) is 0 Å². The molecule has 2 rings (SSSR count). The summed E-state index contributed by atoms with van der Waals surface area (Å²) in [6, 6.07) is 0. The van der Waals surface area contributed by atoms with Gasteiger partial charge in [0.15, 0.2) is 5.78 Å². The zero-order chi connectivity index (χ0) is 13.3. The van der Waals surface area contributed by atoms with E-state index in [-0.39, 0.29) is 11.2 Å². The number of aromatic nitrogens is 2. The topological polar surface area (TPSA) is 64.2 Å². The van der Waals surface area contributed by atoms with Gasteiger partial charge >= 0.3 is 0 Å². The molecule has 100 valence electrons.